The number of ether oxygens (including phenoxy) is 1. The van der Waals surface area contributed by atoms with Crippen molar-refractivity contribution in [3.05, 3.63) is 0 Å². The summed E-state index contributed by atoms with van der Waals surface area (Å²) in [5.41, 5.74) is -2.72. The molecule has 4 N–H and O–H groups in total. The van der Waals surface area contributed by atoms with Crippen LogP contribution in [0, 0.1) is 0 Å². The highest BCUT2D eigenvalue weighted by Gasteiger charge is 2.41. The van der Waals surface area contributed by atoms with Crippen LogP contribution in [0.2, 0.25) is 0 Å². The molecule has 8 heteroatoms. The Kier molecular flexibility index (Phi) is 4.68. The lowest BCUT2D eigenvalue weighted by molar-refractivity contribution is -0.174. The fourth-order valence-electron chi connectivity index (χ4n) is 0.826. The summed E-state index contributed by atoms with van der Waals surface area (Å²) >= 11 is 0. The van der Waals surface area contributed by atoms with Crippen LogP contribution in [-0.2, 0) is 19.1 Å². The quantitative estimate of drug-likeness (QED) is 0.303. The summed E-state index contributed by atoms with van der Waals surface area (Å²) in [7, 11) is 0. The number of hydrogen-bond acceptors (Lipinski definition) is 6. The topological polar surface area (TPSA) is 141 Å². The molecule has 0 radical (unpaired) electrons. The van der Waals surface area contributed by atoms with Gasteiger partial charge >= 0.3 is 17.9 Å². The maximum Gasteiger partial charge on any atom is 0.336 e. The first-order valence-corrected chi connectivity index (χ1v) is 3.76. The second kappa shape index (κ2) is 5.27. The van der Waals surface area contributed by atoms with Crippen LogP contribution in [0.4, 0.5) is 0 Å². The van der Waals surface area contributed by atoms with Crippen LogP contribution in [0.25, 0.3) is 0 Å². The van der Waals surface area contributed by atoms with E-state index in [4.69, 9.17) is 15.3 Å². The lowest BCUT2D eigenvalue weighted by atomic mass is 9.96. The third-order valence-electron chi connectivity index (χ3n) is 1.50. The zero-order valence-electron chi connectivity index (χ0n) is 7.54. The zero-order chi connectivity index (χ0) is 12.1. The Morgan fingerprint density at radius 3 is 2.00 bits per heavy atom. The number of carboxylic acids is 2. The highest BCUT2D eigenvalue weighted by atomic mass is 16.6. The van der Waals surface area contributed by atoms with E-state index in [1.165, 1.54) is 0 Å². The van der Waals surface area contributed by atoms with Gasteiger partial charge in [0, 0.05) is 0 Å². The molecule has 0 saturated heterocycles. The molecule has 86 valence electrons. The second-order valence-corrected chi connectivity index (χ2v) is 2.73. The number of aliphatic hydroxyl groups excluding tert-OH is 1. The minimum absolute atomic E-state index is 0.971. The largest absolute Gasteiger partial charge is 0.481 e. The predicted octanol–water partition coefficient (Wildman–Crippen LogP) is -1.84. The van der Waals surface area contributed by atoms with E-state index in [1.807, 2.05) is 0 Å². The van der Waals surface area contributed by atoms with Crippen LogP contribution in [0.5, 0.6) is 0 Å². The zero-order valence-corrected chi connectivity index (χ0v) is 7.54. The third kappa shape index (κ3) is 4.38. The summed E-state index contributed by atoms with van der Waals surface area (Å²) in [5, 5.41) is 34.3. The molecule has 0 fully saturated rings. The highest BCUT2D eigenvalue weighted by molar-refractivity contribution is 5.88. The van der Waals surface area contributed by atoms with Gasteiger partial charge in [0.15, 0.2) is 12.4 Å². The molecule has 1 atom stereocenters. The van der Waals surface area contributed by atoms with Crippen LogP contribution in [0.3, 0.4) is 0 Å². The molecule has 0 amide bonds. The van der Waals surface area contributed by atoms with Crippen LogP contribution in [-0.4, -0.2) is 50.7 Å². The molecule has 0 aromatic rings. The van der Waals surface area contributed by atoms with Gasteiger partial charge in [0.05, 0.1) is 12.8 Å². The number of aliphatic hydroxyl groups is 2. The Labute approximate surface area is 83.7 Å². The molecule has 0 heterocycles. The van der Waals surface area contributed by atoms with Gasteiger partial charge in [0.25, 0.3) is 0 Å². The first-order chi connectivity index (χ1) is 6.81. The third-order valence-corrected chi connectivity index (χ3v) is 1.50. The minimum atomic E-state index is -2.72. The van der Waals surface area contributed by atoms with E-state index < -0.39 is 43.1 Å². The van der Waals surface area contributed by atoms with E-state index in [0.29, 0.717) is 0 Å². The molecule has 0 aromatic heterocycles. The van der Waals surface area contributed by atoms with Gasteiger partial charge in [0.2, 0.25) is 0 Å². The molecule has 0 spiro atoms. The summed E-state index contributed by atoms with van der Waals surface area (Å²) in [5.74, 6) is -4.62. The summed E-state index contributed by atoms with van der Waals surface area (Å²) in [6.45, 7) is -0.971. The molecule has 0 saturated carbocycles. The van der Waals surface area contributed by atoms with E-state index in [1.54, 1.807) is 0 Å². The van der Waals surface area contributed by atoms with Crippen LogP contribution >= 0.6 is 0 Å². The van der Waals surface area contributed by atoms with Crippen LogP contribution in [0.15, 0.2) is 0 Å². The summed E-state index contributed by atoms with van der Waals surface area (Å²) < 4.78 is 3.97. The number of carbonyl (C=O) groups is 3. The van der Waals surface area contributed by atoms with Gasteiger partial charge in [-0.05, 0) is 0 Å². The normalized spacial score (nSPS) is 14.0. The number of carboxylic acid groups (broad SMARTS) is 2. The summed E-state index contributed by atoms with van der Waals surface area (Å²) in [6, 6.07) is 0. The van der Waals surface area contributed by atoms with Gasteiger partial charge in [-0.15, -0.1) is 0 Å². The fraction of sp³-hybridized carbons (Fsp3) is 0.571. The van der Waals surface area contributed by atoms with Gasteiger partial charge in [-0.25, -0.2) is 4.79 Å². The number of aliphatic carboxylic acids is 2. The highest BCUT2D eigenvalue weighted by Crippen LogP contribution is 2.16. The number of hydrogen-bond donors (Lipinski definition) is 4. The van der Waals surface area contributed by atoms with Crippen molar-refractivity contribution < 1.29 is 39.5 Å². The van der Waals surface area contributed by atoms with Crippen LogP contribution in [0.1, 0.15) is 12.8 Å². The van der Waals surface area contributed by atoms with Crippen molar-refractivity contribution in [2.75, 3.05) is 6.79 Å². The van der Waals surface area contributed by atoms with Crippen molar-refractivity contribution in [1.29, 1.82) is 0 Å². The first-order valence-electron chi connectivity index (χ1n) is 3.76. The molecular weight excluding hydrogens is 212 g/mol. The molecule has 0 rings (SSSR count). The van der Waals surface area contributed by atoms with E-state index in [2.05, 4.69) is 4.74 Å². The minimum Gasteiger partial charge on any atom is -0.481 e. The maximum absolute atomic E-state index is 10.7. The molecule has 0 aliphatic rings. The molecule has 0 aliphatic carbocycles. The molecule has 8 nitrogen and oxygen atoms in total. The molecule has 15 heavy (non-hydrogen) atoms. The average molecular weight is 222 g/mol. The molecular formula is C7H10O8. The van der Waals surface area contributed by atoms with E-state index in [9.17, 15) is 19.5 Å². The smallest absolute Gasteiger partial charge is 0.336 e. The molecule has 0 bridgehead atoms. The maximum atomic E-state index is 10.7. The van der Waals surface area contributed by atoms with Gasteiger partial charge in [0.1, 0.15) is 0 Å². The number of esters is 1. The number of carbonyl (C=O) groups excluding carboxylic acids is 1. The monoisotopic (exact) mass is 222 g/mol. The summed E-state index contributed by atoms with van der Waals surface area (Å²) in [6.07, 6.45) is -2.18. The van der Waals surface area contributed by atoms with Crippen molar-refractivity contribution in [1.82, 2.24) is 0 Å². The lowest BCUT2D eigenvalue weighted by Gasteiger charge is -2.19. The SMILES string of the molecule is O=C(O)CC(O)(CC(=O)OCO)C(=O)O. The van der Waals surface area contributed by atoms with Gasteiger partial charge in [-0.1, -0.05) is 0 Å². The van der Waals surface area contributed by atoms with E-state index >= 15 is 0 Å². The Balaban J connectivity index is 4.58. The Bertz CT molecular complexity index is 272. The van der Waals surface area contributed by atoms with E-state index in [0.717, 1.165) is 0 Å². The van der Waals surface area contributed by atoms with Crippen LogP contribution < -0.4 is 0 Å². The van der Waals surface area contributed by atoms with Crippen molar-refractivity contribution in [2.45, 2.75) is 18.4 Å². The lowest BCUT2D eigenvalue weighted by Crippen LogP contribution is -2.43. The molecule has 0 aromatic carbocycles. The van der Waals surface area contributed by atoms with Crippen molar-refractivity contribution in [2.24, 2.45) is 0 Å². The van der Waals surface area contributed by atoms with E-state index in [-0.39, 0.29) is 0 Å². The van der Waals surface area contributed by atoms with Gasteiger partial charge in [-0.2, -0.15) is 0 Å². The van der Waals surface area contributed by atoms with Crippen molar-refractivity contribution >= 4 is 17.9 Å². The Morgan fingerprint density at radius 1 is 1.13 bits per heavy atom. The van der Waals surface area contributed by atoms with Gasteiger partial charge < -0.3 is 25.2 Å². The Hall–Kier alpha value is -1.67. The Morgan fingerprint density at radius 2 is 1.67 bits per heavy atom. The van der Waals surface area contributed by atoms with Gasteiger partial charge in [-0.3, -0.25) is 9.59 Å². The second-order valence-electron chi connectivity index (χ2n) is 2.73. The average Bonchev–Trinajstić information content (AvgIpc) is 2.01. The standard InChI is InChI=1S/C7H10O8/c8-3-15-5(11)2-7(14,6(12)13)1-4(9)10/h8,14H,1-3H2,(H,9,10)(H,12,13). The predicted molar refractivity (Wildman–Crippen MR) is 42.6 cm³/mol. The fourth-order valence-corrected chi connectivity index (χ4v) is 0.826. The molecule has 0 aliphatic heterocycles. The van der Waals surface area contributed by atoms with Crippen molar-refractivity contribution in [3.63, 3.8) is 0 Å². The first kappa shape index (κ1) is 13.3. The number of rotatable bonds is 6. The molecule has 1 unspecified atom stereocenters. The van der Waals surface area contributed by atoms with Crippen molar-refractivity contribution in [3.8, 4) is 0 Å². The summed E-state index contributed by atoms with van der Waals surface area (Å²) in [4.78, 5) is 31.5.